The van der Waals surface area contributed by atoms with Gasteiger partial charge in [0.05, 0.1) is 11.0 Å². The Bertz CT molecular complexity index is 861. The largest absolute Gasteiger partial charge is 0.454 e. The molecular formula is C17H15N3O3S. The maximum atomic E-state index is 12.0. The van der Waals surface area contributed by atoms with Crippen molar-refractivity contribution in [1.82, 2.24) is 9.97 Å². The number of aromatic nitrogens is 2. The molecule has 1 aliphatic rings. The Morgan fingerprint density at radius 3 is 3.00 bits per heavy atom. The molecular weight excluding hydrogens is 326 g/mol. The highest BCUT2D eigenvalue weighted by molar-refractivity contribution is 7.99. The van der Waals surface area contributed by atoms with Gasteiger partial charge in [0.1, 0.15) is 0 Å². The van der Waals surface area contributed by atoms with Crippen LogP contribution in [0.3, 0.4) is 0 Å². The van der Waals surface area contributed by atoms with Crippen molar-refractivity contribution >= 4 is 34.4 Å². The van der Waals surface area contributed by atoms with Crippen molar-refractivity contribution in [2.24, 2.45) is 0 Å². The average molecular weight is 341 g/mol. The number of hydrogen-bond donors (Lipinski definition) is 2. The van der Waals surface area contributed by atoms with Crippen LogP contribution in [0.5, 0.6) is 11.5 Å². The fourth-order valence-corrected chi connectivity index (χ4v) is 3.26. The summed E-state index contributed by atoms with van der Waals surface area (Å²) >= 11 is 1.53. The number of fused-ring (bicyclic) bond motifs is 2. The third kappa shape index (κ3) is 3.16. The van der Waals surface area contributed by atoms with Gasteiger partial charge in [0.25, 0.3) is 0 Å². The van der Waals surface area contributed by atoms with Gasteiger partial charge in [-0.25, -0.2) is 4.98 Å². The summed E-state index contributed by atoms with van der Waals surface area (Å²) in [6.45, 7) is 0.223. The maximum Gasteiger partial charge on any atom is 0.231 e. The van der Waals surface area contributed by atoms with E-state index in [0.29, 0.717) is 29.4 Å². The minimum absolute atomic E-state index is 0.0440. The fraction of sp³-hybridized carbons (Fsp3) is 0.176. The summed E-state index contributed by atoms with van der Waals surface area (Å²) in [6, 6.07) is 13.2. The summed E-state index contributed by atoms with van der Waals surface area (Å²) in [5.74, 6) is 1.96. The lowest BCUT2D eigenvalue weighted by Gasteiger charge is -2.05. The summed E-state index contributed by atoms with van der Waals surface area (Å²) in [7, 11) is 0. The number of anilines is 1. The third-order valence-electron chi connectivity index (χ3n) is 3.59. The van der Waals surface area contributed by atoms with Crippen LogP contribution in [-0.2, 0) is 4.79 Å². The topological polar surface area (TPSA) is 76.2 Å². The van der Waals surface area contributed by atoms with E-state index >= 15 is 0 Å². The number of carbonyl (C=O) groups excluding carboxylic acids is 1. The van der Waals surface area contributed by atoms with Crippen molar-refractivity contribution in [3.05, 3.63) is 42.5 Å². The molecule has 0 saturated carbocycles. The van der Waals surface area contributed by atoms with E-state index in [1.54, 1.807) is 18.2 Å². The molecule has 24 heavy (non-hydrogen) atoms. The highest BCUT2D eigenvalue weighted by atomic mass is 32.2. The number of benzene rings is 2. The minimum Gasteiger partial charge on any atom is -0.454 e. The highest BCUT2D eigenvalue weighted by Crippen LogP contribution is 2.34. The molecule has 0 unspecified atom stereocenters. The Hall–Kier alpha value is -2.67. The molecule has 0 spiro atoms. The van der Waals surface area contributed by atoms with Gasteiger partial charge >= 0.3 is 0 Å². The van der Waals surface area contributed by atoms with Gasteiger partial charge in [-0.2, -0.15) is 0 Å². The second-order valence-electron chi connectivity index (χ2n) is 5.27. The molecule has 0 radical (unpaired) electrons. The second-order valence-corrected chi connectivity index (χ2v) is 6.36. The number of H-pyrrole nitrogens is 1. The molecule has 1 aromatic heterocycles. The number of thioether (sulfide) groups is 1. The Labute approximate surface area is 142 Å². The van der Waals surface area contributed by atoms with Crippen molar-refractivity contribution in [3.8, 4) is 11.5 Å². The first-order valence-corrected chi connectivity index (χ1v) is 8.53. The molecule has 4 rings (SSSR count). The zero-order valence-electron chi connectivity index (χ0n) is 12.7. The standard InChI is InChI=1S/C17H15N3O3S/c21-16(18-11-5-6-14-15(9-11)23-10-22-14)7-8-24-17-19-12-3-1-2-4-13(12)20-17/h1-6,9H,7-8,10H2,(H,18,21)(H,19,20). The van der Waals surface area contributed by atoms with Crippen LogP contribution >= 0.6 is 11.8 Å². The molecule has 3 aromatic rings. The number of rotatable bonds is 5. The number of para-hydroxylation sites is 2. The maximum absolute atomic E-state index is 12.0. The minimum atomic E-state index is -0.0440. The zero-order valence-corrected chi connectivity index (χ0v) is 13.6. The van der Waals surface area contributed by atoms with Crippen molar-refractivity contribution < 1.29 is 14.3 Å². The van der Waals surface area contributed by atoms with Gasteiger partial charge in [-0.15, -0.1) is 0 Å². The van der Waals surface area contributed by atoms with E-state index in [1.165, 1.54) is 11.8 Å². The molecule has 0 atom stereocenters. The molecule has 2 aromatic carbocycles. The Morgan fingerprint density at radius 1 is 1.21 bits per heavy atom. The molecule has 1 aliphatic heterocycles. The predicted molar refractivity (Wildman–Crippen MR) is 92.6 cm³/mol. The van der Waals surface area contributed by atoms with Crippen LogP contribution in [0.2, 0.25) is 0 Å². The van der Waals surface area contributed by atoms with Crippen molar-refractivity contribution in [3.63, 3.8) is 0 Å². The van der Waals surface area contributed by atoms with Crippen LogP contribution in [0.15, 0.2) is 47.6 Å². The molecule has 0 fully saturated rings. The van der Waals surface area contributed by atoms with Gasteiger partial charge in [-0.1, -0.05) is 23.9 Å². The summed E-state index contributed by atoms with van der Waals surface area (Å²) in [5.41, 5.74) is 2.65. The van der Waals surface area contributed by atoms with E-state index < -0.39 is 0 Å². The van der Waals surface area contributed by atoms with Gasteiger partial charge in [0, 0.05) is 23.9 Å². The van der Waals surface area contributed by atoms with Crippen LogP contribution in [0.25, 0.3) is 11.0 Å². The van der Waals surface area contributed by atoms with Crippen molar-refractivity contribution in [2.45, 2.75) is 11.6 Å². The van der Waals surface area contributed by atoms with Crippen molar-refractivity contribution in [2.75, 3.05) is 17.9 Å². The van der Waals surface area contributed by atoms with E-state index in [4.69, 9.17) is 9.47 Å². The zero-order chi connectivity index (χ0) is 16.4. The first-order valence-electron chi connectivity index (χ1n) is 7.55. The van der Waals surface area contributed by atoms with Gasteiger partial charge in [-0.3, -0.25) is 4.79 Å². The first-order chi connectivity index (χ1) is 11.8. The SMILES string of the molecule is O=C(CCSc1nc2ccccc2[nH]1)Nc1ccc2c(c1)OCO2. The van der Waals surface area contributed by atoms with Crippen LogP contribution in [0, 0.1) is 0 Å². The monoisotopic (exact) mass is 341 g/mol. The molecule has 0 aliphatic carbocycles. The summed E-state index contributed by atoms with van der Waals surface area (Å²) < 4.78 is 10.5. The van der Waals surface area contributed by atoms with Gasteiger partial charge in [-0.05, 0) is 24.3 Å². The molecule has 0 saturated heterocycles. The average Bonchev–Trinajstić information content (AvgIpc) is 3.20. The summed E-state index contributed by atoms with van der Waals surface area (Å²) in [6.07, 6.45) is 0.399. The number of aromatic amines is 1. The summed E-state index contributed by atoms with van der Waals surface area (Å²) in [5, 5.41) is 3.69. The van der Waals surface area contributed by atoms with Gasteiger partial charge < -0.3 is 19.8 Å². The third-order valence-corrected chi connectivity index (χ3v) is 4.47. The van der Waals surface area contributed by atoms with E-state index in [2.05, 4.69) is 15.3 Å². The number of ether oxygens (including phenoxy) is 2. The number of nitrogens with one attached hydrogen (secondary N) is 2. The molecule has 2 N–H and O–H groups in total. The Morgan fingerprint density at radius 2 is 2.08 bits per heavy atom. The number of carbonyl (C=O) groups is 1. The molecule has 0 bridgehead atoms. The lowest BCUT2D eigenvalue weighted by molar-refractivity contribution is -0.115. The normalized spacial score (nSPS) is 12.5. The van der Waals surface area contributed by atoms with Crippen LogP contribution < -0.4 is 14.8 Å². The van der Waals surface area contributed by atoms with E-state index in [-0.39, 0.29) is 12.7 Å². The number of imidazole rings is 1. The highest BCUT2D eigenvalue weighted by Gasteiger charge is 2.14. The Balaban J connectivity index is 1.30. The second kappa shape index (κ2) is 6.45. The van der Waals surface area contributed by atoms with Gasteiger partial charge in [0.2, 0.25) is 12.7 Å². The number of nitrogens with zero attached hydrogens (tertiary/aromatic N) is 1. The van der Waals surface area contributed by atoms with Crippen LogP contribution in [-0.4, -0.2) is 28.4 Å². The number of amides is 1. The van der Waals surface area contributed by atoms with E-state index in [0.717, 1.165) is 16.2 Å². The molecule has 6 nitrogen and oxygen atoms in total. The molecule has 7 heteroatoms. The van der Waals surface area contributed by atoms with Crippen LogP contribution in [0.1, 0.15) is 6.42 Å². The predicted octanol–water partition coefficient (Wildman–Crippen LogP) is 3.41. The van der Waals surface area contributed by atoms with Crippen molar-refractivity contribution in [1.29, 1.82) is 0 Å². The lowest BCUT2D eigenvalue weighted by Crippen LogP contribution is -2.12. The van der Waals surface area contributed by atoms with E-state index in [1.807, 2.05) is 24.3 Å². The number of hydrogen-bond acceptors (Lipinski definition) is 5. The fourth-order valence-electron chi connectivity index (χ4n) is 2.44. The summed E-state index contributed by atoms with van der Waals surface area (Å²) in [4.78, 5) is 19.8. The van der Waals surface area contributed by atoms with Gasteiger partial charge in [0.15, 0.2) is 16.7 Å². The quantitative estimate of drug-likeness (QED) is 0.696. The Kier molecular flexibility index (Phi) is 4.00. The van der Waals surface area contributed by atoms with Crippen LogP contribution in [0.4, 0.5) is 5.69 Å². The lowest BCUT2D eigenvalue weighted by atomic mass is 10.2. The molecule has 2 heterocycles. The smallest absolute Gasteiger partial charge is 0.231 e. The first kappa shape index (κ1) is 14.9. The molecule has 122 valence electrons. The molecule has 1 amide bonds. The van der Waals surface area contributed by atoms with E-state index in [9.17, 15) is 4.79 Å².